The predicted molar refractivity (Wildman–Crippen MR) is 67.2 cm³/mol. The van der Waals surface area contributed by atoms with Crippen LogP contribution in [0.1, 0.15) is 23.7 Å². The van der Waals surface area contributed by atoms with Gasteiger partial charge in [0.2, 0.25) is 0 Å². The largest absolute Gasteiger partial charge is 0.481 e. The molecule has 6 heteroatoms. The van der Waals surface area contributed by atoms with Crippen LogP contribution in [0.15, 0.2) is 18.2 Å². The molecule has 0 radical (unpaired) electrons. The Labute approximate surface area is 115 Å². The topological polar surface area (TPSA) is 57.6 Å². The monoisotopic (exact) mass is 283 g/mol. The van der Waals surface area contributed by atoms with Crippen LogP contribution in [0, 0.1) is 23.5 Å². The standard InChI is InChI=1S/C14H15F2NO3/c1-8-7-17(5-4-10(8)14(19)20)13(18)11-6-9(15)2-3-12(11)16/h2-3,6,8,10H,4-5,7H2,1H3,(H,19,20). The van der Waals surface area contributed by atoms with Crippen molar-refractivity contribution >= 4 is 11.9 Å². The van der Waals surface area contributed by atoms with Gasteiger partial charge in [0.25, 0.3) is 5.91 Å². The normalized spacial score (nSPS) is 22.6. The van der Waals surface area contributed by atoms with Crippen LogP contribution in [0.25, 0.3) is 0 Å². The van der Waals surface area contributed by atoms with E-state index in [1.165, 1.54) is 4.90 Å². The first-order valence-corrected chi connectivity index (χ1v) is 6.37. The molecule has 0 aromatic heterocycles. The number of likely N-dealkylation sites (tertiary alicyclic amines) is 1. The van der Waals surface area contributed by atoms with Crippen molar-refractivity contribution in [3.8, 4) is 0 Å². The van der Waals surface area contributed by atoms with Crippen molar-refractivity contribution in [2.24, 2.45) is 11.8 Å². The number of halogens is 2. The number of hydrogen-bond donors (Lipinski definition) is 1. The zero-order valence-electron chi connectivity index (χ0n) is 11.0. The number of rotatable bonds is 2. The highest BCUT2D eigenvalue weighted by molar-refractivity contribution is 5.94. The van der Waals surface area contributed by atoms with Gasteiger partial charge in [0.15, 0.2) is 0 Å². The summed E-state index contributed by atoms with van der Waals surface area (Å²) in [5.74, 6) is -3.66. The van der Waals surface area contributed by atoms with Crippen LogP contribution in [0.5, 0.6) is 0 Å². The SMILES string of the molecule is CC1CN(C(=O)c2cc(F)ccc2F)CCC1C(=O)O. The molecule has 108 valence electrons. The lowest BCUT2D eigenvalue weighted by atomic mass is 9.87. The summed E-state index contributed by atoms with van der Waals surface area (Å²) in [7, 11) is 0. The molecule has 1 amide bonds. The van der Waals surface area contributed by atoms with Gasteiger partial charge >= 0.3 is 5.97 Å². The molecule has 2 atom stereocenters. The minimum Gasteiger partial charge on any atom is -0.481 e. The van der Waals surface area contributed by atoms with Gasteiger partial charge in [-0.05, 0) is 30.5 Å². The summed E-state index contributed by atoms with van der Waals surface area (Å²) in [5, 5.41) is 9.02. The third-order valence-corrected chi connectivity index (χ3v) is 3.67. The van der Waals surface area contributed by atoms with Crippen LogP contribution in [0.4, 0.5) is 8.78 Å². The maximum absolute atomic E-state index is 13.6. The van der Waals surface area contributed by atoms with Crippen LogP contribution in [-0.2, 0) is 4.79 Å². The Bertz CT molecular complexity index is 547. The smallest absolute Gasteiger partial charge is 0.306 e. The van der Waals surface area contributed by atoms with Crippen molar-refractivity contribution < 1.29 is 23.5 Å². The number of hydrogen-bond acceptors (Lipinski definition) is 2. The van der Waals surface area contributed by atoms with Crippen molar-refractivity contribution in [3.63, 3.8) is 0 Å². The number of carbonyl (C=O) groups excluding carboxylic acids is 1. The van der Waals surface area contributed by atoms with E-state index in [2.05, 4.69) is 0 Å². The molecule has 1 aliphatic heterocycles. The van der Waals surface area contributed by atoms with Crippen molar-refractivity contribution in [1.82, 2.24) is 4.90 Å². The third kappa shape index (κ3) is 2.79. The zero-order chi connectivity index (χ0) is 14.9. The number of nitrogens with zero attached hydrogens (tertiary/aromatic N) is 1. The van der Waals surface area contributed by atoms with Gasteiger partial charge in [-0.25, -0.2) is 8.78 Å². The maximum Gasteiger partial charge on any atom is 0.306 e. The second-order valence-corrected chi connectivity index (χ2v) is 5.09. The van der Waals surface area contributed by atoms with E-state index >= 15 is 0 Å². The molecular weight excluding hydrogens is 268 g/mol. The summed E-state index contributed by atoms with van der Waals surface area (Å²) in [6.45, 7) is 2.20. The minimum absolute atomic E-state index is 0.221. The molecule has 4 nitrogen and oxygen atoms in total. The molecule has 1 fully saturated rings. The molecule has 1 N–H and O–H groups in total. The van der Waals surface area contributed by atoms with Crippen molar-refractivity contribution in [2.45, 2.75) is 13.3 Å². The summed E-state index contributed by atoms with van der Waals surface area (Å²) >= 11 is 0. The fourth-order valence-corrected chi connectivity index (χ4v) is 2.53. The first-order chi connectivity index (χ1) is 9.40. The van der Waals surface area contributed by atoms with E-state index in [-0.39, 0.29) is 24.6 Å². The summed E-state index contributed by atoms with van der Waals surface area (Å²) in [5.41, 5.74) is -0.314. The molecule has 1 saturated heterocycles. The van der Waals surface area contributed by atoms with Gasteiger partial charge in [0.05, 0.1) is 11.5 Å². The van der Waals surface area contributed by atoms with Gasteiger partial charge < -0.3 is 10.0 Å². The molecule has 2 unspecified atom stereocenters. The average Bonchev–Trinajstić information content (AvgIpc) is 2.40. The van der Waals surface area contributed by atoms with E-state index in [1.54, 1.807) is 6.92 Å². The van der Waals surface area contributed by atoms with E-state index in [0.29, 0.717) is 6.42 Å². The van der Waals surface area contributed by atoms with E-state index < -0.39 is 29.4 Å². The third-order valence-electron chi connectivity index (χ3n) is 3.67. The quantitative estimate of drug-likeness (QED) is 0.904. The van der Waals surface area contributed by atoms with Gasteiger partial charge in [-0.3, -0.25) is 9.59 Å². The number of aliphatic carboxylic acids is 1. The highest BCUT2D eigenvalue weighted by atomic mass is 19.1. The van der Waals surface area contributed by atoms with Crippen molar-refractivity contribution in [1.29, 1.82) is 0 Å². The van der Waals surface area contributed by atoms with E-state index in [4.69, 9.17) is 5.11 Å². The van der Waals surface area contributed by atoms with Crippen LogP contribution in [0.2, 0.25) is 0 Å². The highest BCUT2D eigenvalue weighted by Crippen LogP contribution is 2.25. The molecule has 0 saturated carbocycles. The number of amides is 1. The number of carboxylic acid groups (broad SMARTS) is 1. The van der Waals surface area contributed by atoms with Gasteiger partial charge in [0, 0.05) is 13.1 Å². The minimum atomic E-state index is -0.887. The zero-order valence-corrected chi connectivity index (χ0v) is 11.0. The Morgan fingerprint density at radius 2 is 2.05 bits per heavy atom. The van der Waals surface area contributed by atoms with Gasteiger partial charge in [-0.2, -0.15) is 0 Å². The number of carbonyl (C=O) groups is 2. The first kappa shape index (κ1) is 14.4. The lowest BCUT2D eigenvalue weighted by Crippen LogP contribution is -2.45. The van der Waals surface area contributed by atoms with E-state index in [1.807, 2.05) is 0 Å². The molecule has 1 aromatic rings. The lowest BCUT2D eigenvalue weighted by Gasteiger charge is -2.35. The molecule has 1 heterocycles. The molecular formula is C14H15F2NO3. The van der Waals surface area contributed by atoms with Crippen LogP contribution >= 0.6 is 0 Å². The lowest BCUT2D eigenvalue weighted by molar-refractivity contribution is -0.145. The highest BCUT2D eigenvalue weighted by Gasteiger charge is 2.33. The summed E-state index contributed by atoms with van der Waals surface area (Å²) in [6.07, 6.45) is 0.319. The van der Waals surface area contributed by atoms with Gasteiger partial charge in [-0.1, -0.05) is 6.92 Å². The Balaban J connectivity index is 2.15. The second kappa shape index (κ2) is 5.56. The van der Waals surface area contributed by atoms with Crippen molar-refractivity contribution in [2.75, 3.05) is 13.1 Å². The molecule has 1 aromatic carbocycles. The first-order valence-electron chi connectivity index (χ1n) is 6.37. The van der Waals surface area contributed by atoms with E-state index in [0.717, 1.165) is 18.2 Å². The Kier molecular flexibility index (Phi) is 4.01. The summed E-state index contributed by atoms with van der Waals surface area (Å²) < 4.78 is 26.7. The van der Waals surface area contributed by atoms with Crippen molar-refractivity contribution in [3.05, 3.63) is 35.4 Å². The molecule has 1 aliphatic rings. The number of benzene rings is 1. The van der Waals surface area contributed by atoms with Crippen LogP contribution < -0.4 is 0 Å². The van der Waals surface area contributed by atoms with Gasteiger partial charge in [0.1, 0.15) is 11.6 Å². The Hall–Kier alpha value is -1.98. The fourth-order valence-electron chi connectivity index (χ4n) is 2.53. The predicted octanol–water partition coefficient (Wildman–Crippen LogP) is 2.15. The maximum atomic E-state index is 13.6. The second-order valence-electron chi connectivity index (χ2n) is 5.09. The van der Waals surface area contributed by atoms with Gasteiger partial charge in [-0.15, -0.1) is 0 Å². The molecule has 0 aliphatic carbocycles. The average molecular weight is 283 g/mol. The summed E-state index contributed by atoms with van der Waals surface area (Å²) in [6, 6.07) is 2.73. The summed E-state index contributed by atoms with van der Waals surface area (Å²) in [4.78, 5) is 24.5. The molecule has 0 spiro atoms. The Morgan fingerprint density at radius 3 is 2.65 bits per heavy atom. The van der Waals surface area contributed by atoms with E-state index in [9.17, 15) is 18.4 Å². The fraction of sp³-hybridized carbons (Fsp3) is 0.429. The van der Waals surface area contributed by atoms with Crippen LogP contribution in [-0.4, -0.2) is 35.0 Å². The number of piperidine rings is 1. The number of carboxylic acids is 1. The van der Waals surface area contributed by atoms with Crippen LogP contribution in [0.3, 0.4) is 0 Å². The Morgan fingerprint density at radius 1 is 1.35 bits per heavy atom. The molecule has 20 heavy (non-hydrogen) atoms. The molecule has 2 rings (SSSR count). The molecule has 0 bridgehead atoms.